The second kappa shape index (κ2) is 14.2. The molecular formula is C17H30IN3S. The van der Waals surface area contributed by atoms with E-state index in [9.17, 15) is 0 Å². The first kappa shape index (κ1) is 21.6. The number of rotatable bonds is 9. The number of nitrogens with zero attached hydrogens (tertiary/aromatic N) is 1. The Hall–Kier alpha value is -0.430. The molecule has 0 aliphatic carbocycles. The van der Waals surface area contributed by atoms with Crippen molar-refractivity contribution in [1.82, 2.24) is 10.6 Å². The van der Waals surface area contributed by atoms with Crippen LogP contribution in [0.4, 0.5) is 0 Å². The molecule has 2 N–H and O–H groups in total. The summed E-state index contributed by atoms with van der Waals surface area (Å²) in [6, 6.07) is 11.1. The van der Waals surface area contributed by atoms with Gasteiger partial charge in [0.2, 0.25) is 0 Å². The number of aliphatic imine (C=N–C) groups is 1. The van der Waals surface area contributed by atoms with Crippen LogP contribution in [0.2, 0.25) is 0 Å². The van der Waals surface area contributed by atoms with Crippen molar-refractivity contribution in [3.05, 3.63) is 35.9 Å². The van der Waals surface area contributed by atoms with Crippen molar-refractivity contribution < 1.29 is 0 Å². The van der Waals surface area contributed by atoms with Gasteiger partial charge in [0.05, 0.1) is 0 Å². The summed E-state index contributed by atoms with van der Waals surface area (Å²) in [5, 5.41) is 6.82. The third-order valence-electron chi connectivity index (χ3n) is 3.21. The number of hydrogen-bond acceptors (Lipinski definition) is 2. The van der Waals surface area contributed by atoms with Gasteiger partial charge in [-0.3, -0.25) is 4.99 Å². The molecule has 0 spiro atoms. The number of hydrogen-bond donors (Lipinski definition) is 2. The van der Waals surface area contributed by atoms with Gasteiger partial charge in [-0.2, -0.15) is 11.8 Å². The lowest BCUT2D eigenvalue weighted by Gasteiger charge is -2.17. The molecule has 1 rings (SSSR count). The van der Waals surface area contributed by atoms with Crippen LogP contribution in [-0.4, -0.2) is 37.1 Å². The number of benzene rings is 1. The van der Waals surface area contributed by atoms with Crippen molar-refractivity contribution in [2.75, 3.05) is 25.1 Å². The van der Waals surface area contributed by atoms with Crippen LogP contribution >= 0.6 is 35.7 Å². The molecule has 0 heterocycles. The molecule has 1 unspecified atom stereocenters. The minimum Gasteiger partial charge on any atom is -0.357 e. The van der Waals surface area contributed by atoms with E-state index in [1.54, 1.807) is 0 Å². The molecule has 0 aliphatic rings. The second-order valence-corrected chi connectivity index (χ2v) is 6.16. The van der Waals surface area contributed by atoms with Gasteiger partial charge in [0.25, 0.3) is 0 Å². The van der Waals surface area contributed by atoms with Gasteiger partial charge in [-0.15, -0.1) is 24.0 Å². The first-order valence-electron chi connectivity index (χ1n) is 7.84. The molecule has 5 heteroatoms. The molecule has 126 valence electrons. The zero-order valence-corrected chi connectivity index (χ0v) is 17.1. The second-order valence-electron chi connectivity index (χ2n) is 5.18. The van der Waals surface area contributed by atoms with E-state index in [-0.39, 0.29) is 24.0 Å². The number of guanidine groups is 1. The van der Waals surface area contributed by atoms with Crippen LogP contribution in [0.15, 0.2) is 35.3 Å². The summed E-state index contributed by atoms with van der Waals surface area (Å²) in [5.41, 5.74) is 1.40. The fourth-order valence-electron chi connectivity index (χ4n) is 2.05. The first-order chi connectivity index (χ1) is 10.3. The molecule has 3 nitrogen and oxygen atoms in total. The molecule has 1 aromatic carbocycles. The van der Waals surface area contributed by atoms with Gasteiger partial charge in [0.15, 0.2) is 5.96 Å². The number of nitrogens with one attached hydrogen (secondary N) is 2. The molecule has 0 radical (unpaired) electrons. The van der Waals surface area contributed by atoms with E-state index in [4.69, 9.17) is 0 Å². The summed E-state index contributed by atoms with van der Waals surface area (Å²) in [4.78, 5) is 4.63. The largest absolute Gasteiger partial charge is 0.357 e. The van der Waals surface area contributed by atoms with E-state index in [2.05, 4.69) is 66.1 Å². The topological polar surface area (TPSA) is 36.4 Å². The van der Waals surface area contributed by atoms with Crippen molar-refractivity contribution in [3.63, 3.8) is 0 Å². The Kier molecular flexibility index (Phi) is 13.9. The number of aryl methyl sites for hydroxylation is 1. The Morgan fingerprint density at radius 2 is 2.00 bits per heavy atom. The zero-order valence-electron chi connectivity index (χ0n) is 14.0. The molecule has 1 atom stereocenters. The average molecular weight is 435 g/mol. The fraction of sp³-hybridized carbons (Fsp3) is 0.588. The van der Waals surface area contributed by atoms with Gasteiger partial charge in [0, 0.05) is 19.1 Å². The van der Waals surface area contributed by atoms with Crippen LogP contribution in [-0.2, 0) is 6.42 Å². The Balaban J connectivity index is 0.00000441. The van der Waals surface area contributed by atoms with Crippen LogP contribution in [0.3, 0.4) is 0 Å². The average Bonchev–Trinajstić information content (AvgIpc) is 2.51. The predicted molar refractivity (Wildman–Crippen MR) is 112 cm³/mol. The van der Waals surface area contributed by atoms with E-state index in [1.165, 1.54) is 11.3 Å². The van der Waals surface area contributed by atoms with Gasteiger partial charge in [0.1, 0.15) is 0 Å². The molecular weight excluding hydrogens is 405 g/mol. The maximum Gasteiger partial charge on any atom is 0.191 e. The summed E-state index contributed by atoms with van der Waals surface area (Å²) in [6.45, 7) is 6.12. The number of thioether (sulfide) groups is 1. The van der Waals surface area contributed by atoms with E-state index in [0.29, 0.717) is 6.04 Å². The van der Waals surface area contributed by atoms with E-state index < -0.39 is 0 Å². The predicted octanol–water partition coefficient (Wildman–Crippen LogP) is 3.93. The molecule has 22 heavy (non-hydrogen) atoms. The monoisotopic (exact) mass is 435 g/mol. The van der Waals surface area contributed by atoms with E-state index >= 15 is 0 Å². The highest BCUT2D eigenvalue weighted by molar-refractivity contribution is 14.0. The van der Waals surface area contributed by atoms with Crippen molar-refractivity contribution in [2.45, 2.75) is 39.2 Å². The highest BCUT2D eigenvalue weighted by atomic mass is 127. The van der Waals surface area contributed by atoms with Crippen molar-refractivity contribution in [1.29, 1.82) is 0 Å². The fourth-order valence-corrected chi connectivity index (χ4v) is 2.47. The summed E-state index contributed by atoms with van der Waals surface area (Å²) in [7, 11) is 0. The summed E-state index contributed by atoms with van der Waals surface area (Å²) < 4.78 is 0. The Labute approximate surface area is 157 Å². The van der Waals surface area contributed by atoms with Gasteiger partial charge in [-0.1, -0.05) is 30.3 Å². The van der Waals surface area contributed by atoms with Crippen LogP contribution in [0, 0.1) is 0 Å². The molecule has 0 saturated carbocycles. The Morgan fingerprint density at radius 3 is 2.64 bits per heavy atom. The van der Waals surface area contributed by atoms with Gasteiger partial charge in [-0.25, -0.2) is 0 Å². The van der Waals surface area contributed by atoms with Gasteiger partial charge < -0.3 is 10.6 Å². The van der Waals surface area contributed by atoms with Gasteiger partial charge >= 0.3 is 0 Å². The number of halogens is 1. The standard InChI is InChI=1S/C17H29N3S.HI/c1-4-18-17(19-13-8-14-21-3)20-15(2)11-12-16-9-6-5-7-10-16;/h5-7,9-10,15H,4,8,11-14H2,1-3H3,(H2,18,19,20);1H. The van der Waals surface area contributed by atoms with Crippen LogP contribution in [0.1, 0.15) is 32.3 Å². The zero-order chi connectivity index (χ0) is 15.3. The lowest BCUT2D eigenvalue weighted by Crippen LogP contribution is -2.42. The Morgan fingerprint density at radius 1 is 1.27 bits per heavy atom. The third kappa shape index (κ3) is 10.3. The highest BCUT2D eigenvalue weighted by Gasteiger charge is 2.05. The molecule has 0 amide bonds. The molecule has 0 aromatic heterocycles. The van der Waals surface area contributed by atoms with Crippen LogP contribution in [0.5, 0.6) is 0 Å². The van der Waals surface area contributed by atoms with E-state index in [1.807, 2.05) is 11.8 Å². The molecule has 0 aliphatic heterocycles. The quantitative estimate of drug-likeness (QED) is 0.267. The summed E-state index contributed by atoms with van der Waals surface area (Å²) in [5.74, 6) is 2.12. The molecule has 0 bridgehead atoms. The molecule has 0 fully saturated rings. The Bertz CT molecular complexity index is 398. The summed E-state index contributed by atoms with van der Waals surface area (Å²) in [6.07, 6.45) is 5.48. The highest BCUT2D eigenvalue weighted by Crippen LogP contribution is 2.04. The minimum atomic E-state index is 0. The first-order valence-corrected chi connectivity index (χ1v) is 9.23. The van der Waals surface area contributed by atoms with Crippen molar-refractivity contribution in [3.8, 4) is 0 Å². The van der Waals surface area contributed by atoms with Crippen LogP contribution < -0.4 is 10.6 Å². The minimum absolute atomic E-state index is 0. The lowest BCUT2D eigenvalue weighted by molar-refractivity contribution is 0.593. The van der Waals surface area contributed by atoms with E-state index in [0.717, 1.165) is 38.3 Å². The van der Waals surface area contributed by atoms with Crippen molar-refractivity contribution >= 4 is 41.7 Å². The van der Waals surface area contributed by atoms with Crippen LogP contribution in [0.25, 0.3) is 0 Å². The maximum atomic E-state index is 4.63. The molecule has 1 aromatic rings. The maximum absolute atomic E-state index is 4.63. The third-order valence-corrected chi connectivity index (χ3v) is 3.91. The normalized spacial score (nSPS) is 12.4. The SMILES string of the molecule is CCNC(=NCCCSC)NC(C)CCc1ccccc1.I. The smallest absolute Gasteiger partial charge is 0.191 e. The summed E-state index contributed by atoms with van der Waals surface area (Å²) >= 11 is 1.88. The molecule has 0 saturated heterocycles. The van der Waals surface area contributed by atoms with Crippen molar-refractivity contribution in [2.24, 2.45) is 4.99 Å². The van der Waals surface area contributed by atoms with Gasteiger partial charge in [-0.05, 0) is 50.7 Å². The lowest BCUT2D eigenvalue weighted by atomic mass is 10.1.